The van der Waals surface area contributed by atoms with E-state index in [-0.39, 0.29) is 11.3 Å². The van der Waals surface area contributed by atoms with Gasteiger partial charge in [-0.2, -0.15) is 0 Å². The van der Waals surface area contributed by atoms with Crippen LogP contribution < -0.4 is 15.8 Å². The second-order valence-electron chi connectivity index (χ2n) is 5.12. The highest BCUT2D eigenvalue weighted by atomic mass is 16.5. The standard InChI is InChI=1S/C14H22N2O2/c1-10(15)13(17)16-9-14(2,3)11-6-5-7-12(8-11)18-4/h5-8,10H,9,15H2,1-4H3,(H,16,17)/t10-/m1/s1. The van der Waals surface area contributed by atoms with Gasteiger partial charge in [0.1, 0.15) is 5.75 Å². The third-order valence-electron chi connectivity index (χ3n) is 2.97. The van der Waals surface area contributed by atoms with Gasteiger partial charge in [0, 0.05) is 12.0 Å². The van der Waals surface area contributed by atoms with E-state index >= 15 is 0 Å². The number of rotatable bonds is 5. The molecule has 0 bridgehead atoms. The zero-order valence-electron chi connectivity index (χ0n) is 11.5. The van der Waals surface area contributed by atoms with Crippen molar-refractivity contribution in [3.8, 4) is 5.75 Å². The van der Waals surface area contributed by atoms with Gasteiger partial charge in [-0.05, 0) is 24.6 Å². The van der Waals surface area contributed by atoms with Gasteiger partial charge in [-0.25, -0.2) is 0 Å². The normalized spacial score (nSPS) is 12.9. The Morgan fingerprint density at radius 2 is 2.17 bits per heavy atom. The molecule has 100 valence electrons. The number of carbonyl (C=O) groups is 1. The third kappa shape index (κ3) is 3.74. The zero-order chi connectivity index (χ0) is 13.8. The highest BCUT2D eigenvalue weighted by Crippen LogP contribution is 2.25. The summed E-state index contributed by atoms with van der Waals surface area (Å²) in [6.45, 7) is 6.36. The topological polar surface area (TPSA) is 64.3 Å². The molecule has 0 radical (unpaired) electrons. The van der Waals surface area contributed by atoms with Crippen molar-refractivity contribution in [3.05, 3.63) is 29.8 Å². The molecule has 0 heterocycles. The van der Waals surface area contributed by atoms with Crippen molar-refractivity contribution < 1.29 is 9.53 Å². The van der Waals surface area contributed by atoms with Crippen molar-refractivity contribution >= 4 is 5.91 Å². The molecule has 1 rings (SSSR count). The second kappa shape index (κ2) is 5.87. The first-order chi connectivity index (χ1) is 8.36. The molecule has 0 saturated carbocycles. The number of nitrogens with one attached hydrogen (secondary N) is 1. The van der Waals surface area contributed by atoms with E-state index in [9.17, 15) is 4.79 Å². The van der Waals surface area contributed by atoms with Gasteiger partial charge in [0.05, 0.1) is 13.2 Å². The molecule has 0 aliphatic rings. The molecule has 0 unspecified atom stereocenters. The number of nitrogens with two attached hydrogens (primary N) is 1. The summed E-state index contributed by atoms with van der Waals surface area (Å²) in [6, 6.07) is 7.38. The minimum atomic E-state index is -0.480. The lowest BCUT2D eigenvalue weighted by atomic mass is 9.84. The fourth-order valence-corrected chi connectivity index (χ4v) is 1.62. The number of methoxy groups -OCH3 is 1. The van der Waals surface area contributed by atoms with Gasteiger partial charge in [-0.3, -0.25) is 4.79 Å². The molecule has 1 aromatic carbocycles. The summed E-state index contributed by atoms with van der Waals surface area (Å²) in [6.07, 6.45) is 0. The predicted molar refractivity (Wildman–Crippen MR) is 72.7 cm³/mol. The summed E-state index contributed by atoms with van der Waals surface area (Å²) in [5, 5.41) is 2.85. The number of hydrogen-bond acceptors (Lipinski definition) is 3. The molecule has 1 aromatic rings. The minimum absolute atomic E-state index is 0.133. The Bertz CT molecular complexity index is 414. The minimum Gasteiger partial charge on any atom is -0.497 e. The van der Waals surface area contributed by atoms with Crippen molar-refractivity contribution in [1.82, 2.24) is 5.32 Å². The molecule has 0 saturated heterocycles. The molecule has 0 aliphatic carbocycles. The molecule has 0 fully saturated rings. The number of ether oxygens (including phenoxy) is 1. The number of benzene rings is 1. The molecule has 0 aromatic heterocycles. The Labute approximate surface area is 109 Å². The van der Waals surface area contributed by atoms with Gasteiger partial charge < -0.3 is 15.8 Å². The van der Waals surface area contributed by atoms with Crippen LogP contribution in [0.25, 0.3) is 0 Å². The van der Waals surface area contributed by atoms with Crippen LogP contribution in [-0.4, -0.2) is 25.6 Å². The largest absolute Gasteiger partial charge is 0.497 e. The Balaban J connectivity index is 2.75. The summed E-state index contributed by atoms with van der Waals surface area (Å²) in [4.78, 5) is 11.5. The van der Waals surface area contributed by atoms with Crippen LogP contribution in [0.15, 0.2) is 24.3 Å². The Morgan fingerprint density at radius 3 is 2.72 bits per heavy atom. The van der Waals surface area contributed by atoms with Crippen LogP contribution in [0.5, 0.6) is 5.75 Å². The van der Waals surface area contributed by atoms with Crippen molar-refractivity contribution in [2.45, 2.75) is 32.2 Å². The van der Waals surface area contributed by atoms with E-state index in [2.05, 4.69) is 19.2 Å². The van der Waals surface area contributed by atoms with Crippen molar-refractivity contribution in [2.24, 2.45) is 5.73 Å². The smallest absolute Gasteiger partial charge is 0.236 e. The van der Waals surface area contributed by atoms with Crippen molar-refractivity contribution in [3.63, 3.8) is 0 Å². The molecular weight excluding hydrogens is 228 g/mol. The molecule has 0 aliphatic heterocycles. The molecular formula is C14H22N2O2. The summed E-state index contributed by atoms with van der Waals surface area (Å²) in [7, 11) is 1.64. The third-order valence-corrected chi connectivity index (χ3v) is 2.97. The number of hydrogen-bond donors (Lipinski definition) is 2. The van der Waals surface area contributed by atoms with E-state index in [1.807, 2.05) is 24.3 Å². The van der Waals surface area contributed by atoms with E-state index in [4.69, 9.17) is 10.5 Å². The summed E-state index contributed by atoms with van der Waals surface area (Å²) < 4.78 is 5.21. The van der Waals surface area contributed by atoms with Crippen LogP contribution in [0.4, 0.5) is 0 Å². The maximum atomic E-state index is 11.5. The van der Waals surface area contributed by atoms with Crippen LogP contribution in [0.3, 0.4) is 0 Å². The average Bonchev–Trinajstić information content (AvgIpc) is 2.36. The van der Waals surface area contributed by atoms with Gasteiger partial charge >= 0.3 is 0 Å². The quantitative estimate of drug-likeness (QED) is 0.831. The van der Waals surface area contributed by atoms with Crippen LogP contribution in [-0.2, 0) is 10.2 Å². The van der Waals surface area contributed by atoms with E-state index < -0.39 is 6.04 Å². The second-order valence-corrected chi connectivity index (χ2v) is 5.12. The zero-order valence-corrected chi connectivity index (χ0v) is 11.5. The van der Waals surface area contributed by atoms with E-state index in [1.165, 1.54) is 0 Å². The van der Waals surface area contributed by atoms with E-state index in [0.717, 1.165) is 11.3 Å². The maximum absolute atomic E-state index is 11.5. The van der Waals surface area contributed by atoms with Crippen LogP contribution >= 0.6 is 0 Å². The SMILES string of the molecule is COc1cccc(C(C)(C)CNC(=O)[C@@H](C)N)c1. The first kappa shape index (κ1) is 14.5. The Hall–Kier alpha value is -1.55. The molecule has 1 atom stereocenters. The Kier molecular flexibility index (Phi) is 4.73. The van der Waals surface area contributed by atoms with Gasteiger partial charge in [-0.15, -0.1) is 0 Å². The highest BCUT2D eigenvalue weighted by Gasteiger charge is 2.22. The molecule has 0 spiro atoms. The average molecular weight is 250 g/mol. The van der Waals surface area contributed by atoms with Gasteiger partial charge in [0.2, 0.25) is 5.91 Å². The predicted octanol–water partition coefficient (Wildman–Crippen LogP) is 1.44. The fraction of sp³-hybridized carbons (Fsp3) is 0.500. The van der Waals surface area contributed by atoms with Gasteiger partial charge in [0.25, 0.3) is 0 Å². The first-order valence-corrected chi connectivity index (χ1v) is 6.04. The molecule has 3 N–H and O–H groups in total. The van der Waals surface area contributed by atoms with E-state index in [0.29, 0.717) is 6.54 Å². The van der Waals surface area contributed by atoms with Crippen LogP contribution in [0.2, 0.25) is 0 Å². The lowest BCUT2D eigenvalue weighted by Gasteiger charge is -2.26. The Morgan fingerprint density at radius 1 is 1.50 bits per heavy atom. The van der Waals surface area contributed by atoms with E-state index in [1.54, 1.807) is 14.0 Å². The van der Waals surface area contributed by atoms with Gasteiger partial charge in [-0.1, -0.05) is 26.0 Å². The molecule has 4 nitrogen and oxygen atoms in total. The summed E-state index contributed by atoms with van der Waals surface area (Å²) in [5.41, 5.74) is 6.47. The maximum Gasteiger partial charge on any atom is 0.236 e. The van der Waals surface area contributed by atoms with Crippen molar-refractivity contribution in [1.29, 1.82) is 0 Å². The number of amides is 1. The lowest BCUT2D eigenvalue weighted by molar-refractivity contribution is -0.122. The summed E-state index contributed by atoms with van der Waals surface area (Å²) in [5.74, 6) is 0.685. The van der Waals surface area contributed by atoms with Crippen molar-refractivity contribution in [2.75, 3.05) is 13.7 Å². The monoisotopic (exact) mass is 250 g/mol. The molecule has 1 amide bonds. The lowest BCUT2D eigenvalue weighted by Crippen LogP contribution is -2.43. The first-order valence-electron chi connectivity index (χ1n) is 6.04. The highest BCUT2D eigenvalue weighted by molar-refractivity contribution is 5.81. The fourth-order valence-electron chi connectivity index (χ4n) is 1.62. The molecule has 4 heteroatoms. The molecule has 18 heavy (non-hydrogen) atoms. The van der Waals surface area contributed by atoms with Crippen LogP contribution in [0, 0.1) is 0 Å². The van der Waals surface area contributed by atoms with Gasteiger partial charge in [0.15, 0.2) is 0 Å². The van der Waals surface area contributed by atoms with Crippen LogP contribution in [0.1, 0.15) is 26.3 Å². The summed E-state index contributed by atoms with van der Waals surface area (Å²) >= 11 is 0. The number of carbonyl (C=O) groups excluding carboxylic acids is 1.